The van der Waals surface area contributed by atoms with E-state index in [-0.39, 0.29) is 17.8 Å². The Morgan fingerprint density at radius 3 is 3.22 bits per heavy atom. The molecule has 3 rings (SSSR count). The Balaban J connectivity index is 1.71. The summed E-state index contributed by atoms with van der Waals surface area (Å²) in [6.07, 6.45) is 4.00. The van der Waals surface area contributed by atoms with Crippen LogP contribution in [0.5, 0.6) is 0 Å². The van der Waals surface area contributed by atoms with Crippen LogP contribution in [0.15, 0.2) is 12.5 Å². The van der Waals surface area contributed by atoms with Gasteiger partial charge in [0.05, 0.1) is 25.0 Å². The lowest BCUT2D eigenvalue weighted by molar-refractivity contribution is -0.144. The monoisotopic (exact) mass is 247 g/mol. The second kappa shape index (κ2) is 4.25. The van der Waals surface area contributed by atoms with E-state index in [2.05, 4.69) is 25.1 Å². The number of imidazole rings is 1. The molecular weight excluding hydrogens is 234 g/mol. The van der Waals surface area contributed by atoms with Crippen LogP contribution < -0.4 is 0 Å². The summed E-state index contributed by atoms with van der Waals surface area (Å²) in [7, 11) is 0. The first-order valence-corrected chi connectivity index (χ1v) is 5.87. The van der Waals surface area contributed by atoms with Gasteiger partial charge in [0.2, 0.25) is 0 Å². The van der Waals surface area contributed by atoms with E-state index in [1.165, 1.54) is 0 Å². The Hall–Kier alpha value is -2.18. The molecule has 0 amide bonds. The summed E-state index contributed by atoms with van der Waals surface area (Å²) >= 11 is 0. The molecule has 0 saturated heterocycles. The van der Waals surface area contributed by atoms with Gasteiger partial charge in [-0.25, -0.2) is 9.97 Å². The molecule has 0 aromatic carbocycles. The van der Waals surface area contributed by atoms with Crippen molar-refractivity contribution in [3.8, 4) is 11.5 Å². The maximum atomic E-state index is 11.5. The van der Waals surface area contributed by atoms with Gasteiger partial charge in [0.15, 0.2) is 5.82 Å². The molecule has 2 aromatic heterocycles. The predicted octanol–water partition coefficient (Wildman–Crippen LogP) is 0.861. The molecule has 94 valence electrons. The Labute approximate surface area is 103 Å². The van der Waals surface area contributed by atoms with Crippen LogP contribution in [0, 0.1) is 5.92 Å². The number of nitrogens with one attached hydrogen (secondary N) is 2. The summed E-state index contributed by atoms with van der Waals surface area (Å²) < 4.78 is 4.98. The van der Waals surface area contributed by atoms with Crippen LogP contribution in [0.3, 0.4) is 0 Å². The third-order valence-corrected chi connectivity index (χ3v) is 2.97. The molecule has 0 aliphatic heterocycles. The fraction of sp³-hybridized carbons (Fsp3) is 0.455. The lowest BCUT2D eigenvalue weighted by Crippen LogP contribution is -2.07. The smallest absolute Gasteiger partial charge is 0.309 e. The van der Waals surface area contributed by atoms with Crippen LogP contribution in [-0.2, 0) is 9.53 Å². The van der Waals surface area contributed by atoms with Crippen molar-refractivity contribution in [2.45, 2.75) is 19.3 Å². The molecule has 1 aliphatic carbocycles. The van der Waals surface area contributed by atoms with Crippen LogP contribution in [0.4, 0.5) is 0 Å². The van der Waals surface area contributed by atoms with Gasteiger partial charge >= 0.3 is 5.97 Å². The fourth-order valence-electron chi connectivity index (χ4n) is 1.95. The summed E-state index contributed by atoms with van der Waals surface area (Å²) in [6.45, 7) is 2.22. The van der Waals surface area contributed by atoms with E-state index in [1.54, 1.807) is 19.4 Å². The van der Waals surface area contributed by atoms with Crippen LogP contribution in [-0.4, -0.2) is 37.7 Å². The van der Waals surface area contributed by atoms with E-state index < -0.39 is 0 Å². The van der Waals surface area contributed by atoms with Crippen molar-refractivity contribution >= 4 is 5.97 Å². The van der Waals surface area contributed by atoms with E-state index in [1.807, 2.05) is 0 Å². The summed E-state index contributed by atoms with van der Waals surface area (Å²) in [5.74, 6) is 1.18. The number of hydrogen-bond acceptors (Lipinski definition) is 5. The van der Waals surface area contributed by atoms with Gasteiger partial charge in [0, 0.05) is 5.92 Å². The number of aromatic nitrogens is 5. The maximum absolute atomic E-state index is 11.5. The third kappa shape index (κ3) is 1.87. The highest BCUT2D eigenvalue weighted by molar-refractivity contribution is 5.77. The largest absolute Gasteiger partial charge is 0.466 e. The van der Waals surface area contributed by atoms with Crippen LogP contribution in [0.25, 0.3) is 11.5 Å². The van der Waals surface area contributed by atoms with Crippen molar-refractivity contribution in [1.29, 1.82) is 0 Å². The molecule has 2 N–H and O–H groups in total. The minimum atomic E-state index is -0.151. The van der Waals surface area contributed by atoms with Crippen molar-refractivity contribution in [1.82, 2.24) is 25.1 Å². The molecular formula is C11H13N5O2. The van der Waals surface area contributed by atoms with Gasteiger partial charge in [-0.2, -0.15) is 5.10 Å². The molecule has 1 saturated carbocycles. The Bertz CT molecular complexity index is 548. The second-order valence-electron chi connectivity index (χ2n) is 4.21. The number of rotatable bonds is 4. The molecule has 18 heavy (non-hydrogen) atoms. The Morgan fingerprint density at radius 1 is 1.61 bits per heavy atom. The molecule has 0 radical (unpaired) electrons. The van der Waals surface area contributed by atoms with Crippen molar-refractivity contribution in [2.24, 2.45) is 5.92 Å². The highest BCUT2D eigenvalue weighted by atomic mass is 16.5. The van der Waals surface area contributed by atoms with E-state index in [4.69, 9.17) is 4.74 Å². The minimum Gasteiger partial charge on any atom is -0.466 e. The lowest BCUT2D eigenvalue weighted by Gasteiger charge is -1.98. The van der Waals surface area contributed by atoms with Crippen molar-refractivity contribution in [2.75, 3.05) is 6.61 Å². The average molecular weight is 247 g/mol. The molecule has 2 aromatic rings. The normalized spacial score (nSPS) is 21.8. The van der Waals surface area contributed by atoms with Crippen LogP contribution in [0.1, 0.15) is 25.1 Å². The quantitative estimate of drug-likeness (QED) is 0.781. The fourth-order valence-corrected chi connectivity index (χ4v) is 1.95. The number of carbonyl (C=O) groups is 1. The van der Waals surface area contributed by atoms with E-state index in [9.17, 15) is 4.79 Å². The van der Waals surface area contributed by atoms with Crippen LogP contribution in [0.2, 0.25) is 0 Å². The van der Waals surface area contributed by atoms with Crippen molar-refractivity contribution < 1.29 is 9.53 Å². The zero-order valence-electron chi connectivity index (χ0n) is 9.88. The molecule has 0 spiro atoms. The SMILES string of the molecule is CCOC(=O)[C@@H]1C[C@H]1c1nc(-c2cnc[nH]2)n[nH]1. The molecule has 2 atom stereocenters. The standard InChI is InChI=1S/C11H13N5O2/c1-2-18-11(17)7-3-6(7)9-14-10(16-15-9)8-4-12-5-13-8/h4-7H,2-3H2,1H3,(H,12,13)(H,14,15,16)/t6-,7-/m1/s1. The molecule has 7 nitrogen and oxygen atoms in total. The van der Waals surface area contributed by atoms with E-state index in [0.29, 0.717) is 12.4 Å². The van der Waals surface area contributed by atoms with E-state index >= 15 is 0 Å². The number of nitrogens with zero attached hydrogens (tertiary/aromatic N) is 3. The summed E-state index contributed by atoms with van der Waals surface area (Å²) in [5.41, 5.74) is 0.755. The van der Waals surface area contributed by atoms with Gasteiger partial charge in [0.25, 0.3) is 0 Å². The average Bonchev–Trinajstić information content (AvgIpc) is 2.82. The maximum Gasteiger partial charge on any atom is 0.309 e. The molecule has 0 unspecified atom stereocenters. The summed E-state index contributed by atoms with van der Waals surface area (Å²) in [6, 6.07) is 0. The first kappa shape index (κ1) is 10.9. The molecule has 0 bridgehead atoms. The van der Waals surface area contributed by atoms with E-state index in [0.717, 1.165) is 17.9 Å². The first-order valence-electron chi connectivity index (χ1n) is 5.87. The zero-order chi connectivity index (χ0) is 12.5. The number of carbonyl (C=O) groups excluding carboxylic acids is 1. The third-order valence-electron chi connectivity index (χ3n) is 2.97. The van der Waals surface area contributed by atoms with Gasteiger partial charge < -0.3 is 9.72 Å². The van der Waals surface area contributed by atoms with Gasteiger partial charge in [-0.15, -0.1) is 0 Å². The molecule has 1 fully saturated rings. The van der Waals surface area contributed by atoms with Crippen molar-refractivity contribution in [3.63, 3.8) is 0 Å². The van der Waals surface area contributed by atoms with Gasteiger partial charge in [0.1, 0.15) is 11.5 Å². The predicted molar refractivity (Wildman–Crippen MR) is 61.4 cm³/mol. The van der Waals surface area contributed by atoms with Gasteiger partial charge in [-0.05, 0) is 13.3 Å². The Kier molecular flexibility index (Phi) is 2.58. The highest BCUT2D eigenvalue weighted by Crippen LogP contribution is 2.46. The number of esters is 1. The number of H-pyrrole nitrogens is 2. The number of hydrogen-bond donors (Lipinski definition) is 2. The zero-order valence-corrected chi connectivity index (χ0v) is 9.88. The molecule has 7 heteroatoms. The lowest BCUT2D eigenvalue weighted by atomic mass is 10.3. The van der Waals surface area contributed by atoms with Crippen LogP contribution >= 0.6 is 0 Å². The highest BCUT2D eigenvalue weighted by Gasteiger charge is 2.47. The summed E-state index contributed by atoms with van der Waals surface area (Å²) in [5, 5.41) is 6.97. The molecule has 1 aliphatic rings. The Morgan fingerprint density at radius 2 is 2.50 bits per heavy atom. The van der Waals surface area contributed by atoms with Gasteiger partial charge in [-0.3, -0.25) is 9.89 Å². The van der Waals surface area contributed by atoms with Gasteiger partial charge in [-0.1, -0.05) is 0 Å². The number of ether oxygens (including phenoxy) is 1. The molecule has 2 heterocycles. The number of aromatic amines is 2. The summed E-state index contributed by atoms with van der Waals surface area (Å²) in [4.78, 5) is 22.7. The topological polar surface area (TPSA) is 96.6 Å². The second-order valence-corrected chi connectivity index (χ2v) is 4.21. The van der Waals surface area contributed by atoms with Crippen molar-refractivity contribution in [3.05, 3.63) is 18.3 Å². The minimum absolute atomic E-state index is 0.0764. The first-order chi connectivity index (χ1) is 8.79.